The lowest BCUT2D eigenvalue weighted by Gasteiger charge is -2.42. The van der Waals surface area contributed by atoms with Crippen molar-refractivity contribution in [3.63, 3.8) is 0 Å². The number of amides is 2. The second-order valence-electron chi connectivity index (χ2n) is 10.2. The van der Waals surface area contributed by atoms with Crippen LogP contribution in [0.25, 0.3) is 0 Å². The number of rotatable bonds is 17. The van der Waals surface area contributed by atoms with Crippen molar-refractivity contribution < 1.29 is 98.9 Å². The van der Waals surface area contributed by atoms with E-state index in [0.717, 1.165) is 18.3 Å². The molecule has 25 heteroatoms. The summed E-state index contributed by atoms with van der Waals surface area (Å²) in [6.45, 7) is -1.69. The Bertz CT molecular complexity index is 1580. The summed E-state index contributed by atoms with van der Waals surface area (Å²) in [5.41, 5.74) is 3.66. The molecular weight excluding hydrogens is 769 g/mol. The molecule has 0 saturated carbocycles. The average molecular weight is 789 g/mol. The topological polar surface area (TPSA) is 109 Å². The maximum Gasteiger partial charge on any atom is 0.460 e. The molecule has 0 heterocycles. The van der Waals surface area contributed by atoms with Gasteiger partial charge in [-0.05, 0) is 54.4 Å². The first-order valence-electron chi connectivity index (χ1n) is 13.5. The lowest BCUT2D eigenvalue weighted by molar-refractivity contribution is -0.461. The van der Waals surface area contributed by atoms with Gasteiger partial charge in [0.15, 0.2) is 6.61 Å². The number of benzene rings is 2. The van der Waals surface area contributed by atoms with Gasteiger partial charge in [-0.25, -0.2) is 10.9 Å². The van der Waals surface area contributed by atoms with Gasteiger partial charge in [-0.15, -0.1) is 0 Å². The van der Waals surface area contributed by atoms with Crippen LogP contribution in [0.1, 0.15) is 28.8 Å². The number of hydrogen-bond acceptors (Lipinski definition) is 6. The molecule has 0 radical (unpaired) electrons. The summed E-state index contributed by atoms with van der Waals surface area (Å²) in [6.07, 6.45) is -10.9. The molecule has 0 aliphatic heterocycles. The second kappa shape index (κ2) is 15.2. The summed E-state index contributed by atoms with van der Waals surface area (Å²) in [4.78, 5) is 23.3. The van der Waals surface area contributed by atoms with E-state index in [1.165, 1.54) is 41.9 Å². The summed E-state index contributed by atoms with van der Waals surface area (Å²) in [7, 11) is 0. The van der Waals surface area contributed by atoms with Crippen molar-refractivity contribution in [3.05, 3.63) is 59.7 Å². The molecule has 0 fully saturated rings. The quantitative estimate of drug-likeness (QED) is 0.0506. The molecular formula is C27H20F17N3O5. The molecule has 2 aromatic rings. The van der Waals surface area contributed by atoms with Gasteiger partial charge in [0.1, 0.15) is 11.5 Å². The van der Waals surface area contributed by atoms with Gasteiger partial charge in [-0.3, -0.25) is 14.8 Å². The van der Waals surface area contributed by atoms with Crippen molar-refractivity contribution in [1.29, 1.82) is 0 Å². The van der Waals surface area contributed by atoms with Crippen molar-refractivity contribution in [2.45, 2.75) is 60.5 Å². The summed E-state index contributed by atoms with van der Waals surface area (Å²) in [5.74, 6) is -58.5. The standard InChI is InChI=1S/C27H20F17N3O5/c28-20(29,21(30,31)22(32,33)23(34,35)24(36,37)25(38,39)26(40,41)27(42,43)44)9-2-10-51-16-7-5-14(6-8-16)12-45-46-19(49)15-3-1-4-17(11-15)52-13-18(48)47-50/h1,3-8,11-12,50H,2,9-10,13H2,(H,46,49)(H,47,48)/b45-12+. The number of carbonyl (C=O) groups is 2. The predicted molar refractivity (Wildman–Crippen MR) is 139 cm³/mol. The van der Waals surface area contributed by atoms with Gasteiger partial charge in [0, 0.05) is 12.0 Å². The zero-order valence-corrected chi connectivity index (χ0v) is 25.0. The number of hydroxylamine groups is 1. The van der Waals surface area contributed by atoms with Crippen LogP contribution < -0.4 is 20.4 Å². The van der Waals surface area contributed by atoms with Crippen LogP contribution >= 0.6 is 0 Å². The van der Waals surface area contributed by atoms with E-state index in [1.807, 2.05) is 0 Å². The number of alkyl halides is 17. The SMILES string of the molecule is O=C(COc1cccc(C(=O)N/N=C/c2ccc(OCCCC(F)(F)C(F)(F)C(F)(F)C(F)(F)C(F)(F)C(F)(F)C(F)(F)C(F)(F)F)cc2)c1)NO. The van der Waals surface area contributed by atoms with Crippen molar-refractivity contribution in [3.8, 4) is 11.5 Å². The molecule has 0 aromatic heterocycles. The minimum absolute atomic E-state index is 0.00801. The highest BCUT2D eigenvalue weighted by atomic mass is 19.4. The Hall–Kier alpha value is -4.58. The van der Waals surface area contributed by atoms with Crippen LogP contribution in [-0.4, -0.2) is 84.1 Å². The third-order valence-electron chi connectivity index (χ3n) is 6.54. The van der Waals surface area contributed by atoms with Gasteiger partial charge in [-0.2, -0.15) is 79.7 Å². The Balaban J connectivity index is 2.03. The lowest BCUT2D eigenvalue weighted by Crippen LogP contribution is -2.74. The van der Waals surface area contributed by atoms with E-state index >= 15 is 0 Å². The molecule has 0 atom stereocenters. The van der Waals surface area contributed by atoms with Gasteiger partial charge in [0.25, 0.3) is 11.8 Å². The average Bonchev–Trinajstić information content (AvgIpc) is 3.05. The highest BCUT2D eigenvalue weighted by molar-refractivity contribution is 5.95. The Kier molecular flexibility index (Phi) is 12.7. The number of hydrazone groups is 1. The molecule has 292 valence electrons. The molecule has 0 aliphatic carbocycles. The van der Waals surface area contributed by atoms with Crippen LogP contribution in [0.3, 0.4) is 0 Å². The molecule has 2 rings (SSSR count). The Morgan fingerprint density at radius 1 is 0.673 bits per heavy atom. The smallest absolute Gasteiger partial charge is 0.460 e. The highest BCUT2D eigenvalue weighted by Crippen LogP contribution is 2.64. The third kappa shape index (κ3) is 8.38. The van der Waals surface area contributed by atoms with Crippen LogP contribution in [-0.2, 0) is 4.79 Å². The van der Waals surface area contributed by atoms with Crippen molar-refractivity contribution in [1.82, 2.24) is 10.9 Å². The Morgan fingerprint density at radius 3 is 1.71 bits per heavy atom. The molecule has 0 bridgehead atoms. The fourth-order valence-corrected chi connectivity index (χ4v) is 3.63. The maximum absolute atomic E-state index is 14.0. The Morgan fingerprint density at radius 2 is 1.19 bits per heavy atom. The van der Waals surface area contributed by atoms with Crippen LogP contribution in [0.2, 0.25) is 0 Å². The van der Waals surface area contributed by atoms with E-state index in [9.17, 15) is 84.2 Å². The first kappa shape index (κ1) is 43.6. The minimum Gasteiger partial charge on any atom is -0.494 e. The van der Waals surface area contributed by atoms with Crippen LogP contribution in [0, 0.1) is 0 Å². The van der Waals surface area contributed by atoms with E-state index in [-0.39, 0.29) is 22.6 Å². The van der Waals surface area contributed by atoms with Gasteiger partial charge in [-0.1, -0.05) is 6.07 Å². The maximum atomic E-state index is 14.0. The predicted octanol–water partition coefficient (Wildman–Crippen LogP) is 7.50. The zero-order chi connectivity index (χ0) is 40.2. The molecule has 2 aromatic carbocycles. The molecule has 0 aliphatic rings. The molecule has 3 N–H and O–H groups in total. The minimum atomic E-state index is -8.68. The summed E-state index contributed by atoms with van der Waals surface area (Å²) in [5, 5.41) is 12.1. The largest absolute Gasteiger partial charge is 0.494 e. The van der Waals surface area contributed by atoms with E-state index in [2.05, 4.69) is 10.5 Å². The number of nitrogens with zero attached hydrogens (tertiary/aromatic N) is 1. The lowest BCUT2D eigenvalue weighted by atomic mass is 9.88. The fraction of sp³-hybridized carbons (Fsp3) is 0.444. The monoisotopic (exact) mass is 789 g/mol. The molecule has 8 nitrogen and oxygen atoms in total. The molecule has 2 amide bonds. The van der Waals surface area contributed by atoms with Crippen molar-refractivity contribution >= 4 is 18.0 Å². The number of halogens is 17. The highest BCUT2D eigenvalue weighted by Gasteiger charge is 2.95. The first-order valence-corrected chi connectivity index (χ1v) is 13.5. The van der Waals surface area contributed by atoms with E-state index in [1.54, 1.807) is 0 Å². The summed E-state index contributed by atoms with van der Waals surface area (Å²) < 4.78 is 237. The van der Waals surface area contributed by atoms with E-state index in [0.29, 0.717) is 0 Å². The number of ether oxygens (including phenoxy) is 2. The molecule has 52 heavy (non-hydrogen) atoms. The second-order valence-corrected chi connectivity index (χ2v) is 10.2. The van der Waals surface area contributed by atoms with E-state index < -0.39 is 85.5 Å². The van der Waals surface area contributed by atoms with Gasteiger partial charge >= 0.3 is 47.6 Å². The molecule has 0 unspecified atom stereocenters. The van der Waals surface area contributed by atoms with Gasteiger partial charge < -0.3 is 9.47 Å². The third-order valence-corrected chi connectivity index (χ3v) is 6.54. The van der Waals surface area contributed by atoms with E-state index in [4.69, 9.17) is 14.7 Å². The summed E-state index contributed by atoms with van der Waals surface area (Å²) >= 11 is 0. The fourth-order valence-electron chi connectivity index (χ4n) is 3.63. The van der Waals surface area contributed by atoms with Crippen LogP contribution in [0.4, 0.5) is 74.6 Å². The molecule has 0 spiro atoms. The van der Waals surface area contributed by atoms with Crippen LogP contribution in [0.5, 0.6) is 11.5 Å². The molecule has 0 saturated heterocycles. The summed E-state index contributed by atoms with van der Waals surface area (Å²) in [6, 6.07) is 9.82. The van der Waals surface area contributed by atoms with Gasteiger partial charge in [0.05, 0.1) is 12.8 Å². The van der Waals surface area contributed by atoms with Crippen molar-refractivity contribution in [2.24, 2.45) is 5.10 Å². The van der Waals surface area contributed by atoms with Crippen molar-refractivity contribution in [2.75, 3.05) is 13.2 Å². The number of hydrogen-bond donors (Lipinski definition) is 3. The first-order chi connectivity index (χ1) is 23.5. The number of carbonyl (C=O) groups excluding carboxylic acids is 2. The zero-order valence-electron chi connectivity index (χ0n) is 25.0. The van der Waals surface area contributed by atoms with Crippen LogP contribution in [0.15, 0.2) is 53.6 Å². The normalized spacial score (nSPS) is 14.0. The number of nitrogens with one attached hydrogen (secondary N) is 2. The Labute approximate surface area is 278 Å². The van der Waals surface area contributed by atoms with Gasteiger partial charge in [0.2, 0.25) is 0 Å².